The number of rotatable bonds is 12. The fourth-order valence-electron chi connectivity index (χ4n) is 6.74. The van der Waals surface area contributed by atoms with Gasteiger partial charge in [-0.1, -0.05) is 47.5 Å². The molecular weight excluding hydrogens is 757 g/mol. The standard InChI is InChI=1S/C38H39Cl2N3O9.CH2O2/c1-48-32-12-11-26(17-34(32)49-2)33(18-27-28(39)20-42(47)21-29(27)40)51-37(45)25-9-7-23(8-10-25)19-43(30-5-4-6-31(44)36(30)50-3)38(46)52-35-22-41-15-13-24(35)14-16-41;2-1-3/h4-12,17,20-21,24,33,35,44H,13-16,18-19,22H2,1-3H3;1H,(H,2,3)/t33?,35-;/m0./s1. The van der Waals surface area contributed by atoms with Gasteiger partial charge in [-0.15, -0.1) is 0 Å². The average molecular weight is 799 g/mol. The Morgan fingerprint density at radius 3 is 2.22 bits per heavy atom. The molecule has 14 nitrogen and oxygen atoms in total. The van der Waals surface area contributed by atoms with Crippen LogP contribution in [0.5, 0.6) is 23.0 Å². The average Bonchev–Trinajstić information content (AvgIpc) is 3.18. The van der Waals surface area contributed by atoms with Gasteiger partial charge in [0.2, 0.25) is 0 Å². The van der Waals surface area contributed by atoms with Crippen molar-refractivity contribution in [2.24, 2.45) is 5.92 Å². The van der Waals surface area contributed by atoms with Crippen molar-refractivity contribution in [1.82, 2.24) is 4.90 Å². The molecule has 3 saturated heterocycles. The van der Waals surface area contributed by atoms with Gasteiger partial charge in [0.05, 0.1) is 39.1 Å². The highest BCUT2D eigenvalue weighted by molar-refractivity contribution is 6.35. The van der Waals surface area contributed by atoms with Crippen molar-refractivity contribution in [3.05, 3.63) is 111 Å². The number of methoxy groups -OCH3 is 3. The molecule has 0 radical (unpaired) electrons. The van der Waals surface area contributed by atoms with Gasteiger partial charge in [-0.25, -0.2) is 9.59 Å². The number of pyridine rings is 1. The maximum Gasteiger partial charge on any atom is 0.415 e. The maximum absolute atomic E-state index is 13.8. The molecule has 3 aliphatic rings. The number of piperidine rings is 3. The first kappa shape index (κ1) is 40.7. The third kappa shape index (κ3) is 9.82. The van der Waals surface area contributed by atoms with Crippen molar-refractivity contribution in [3.63, 3.8) is 0 Å². The second-order valence-electron chi connectivity index (χ2n) is 12.8. The number of carbonyl (C=O) groups is 3. The zero-order valence-corrected chi connectivity index (χ0v) is 31.9. The largest absolute Gasteiger partial charge is 0.619 e. The van der Waals surface area contributed by atoms with Crippen LogP contribution in [0.15, 0.2) is 73.1 Å². The van der Waals surface area contributed by atoms with E-state index in [2.05, 4.69) is 4.90 Å². The number of ether oxygens (including phenoxy) is 5. The van der Waals surface area contributed by atoms with E-state index in [-0.39, 0.29) is 52.6 Å². The molecule has 2 atom stereocenters. The van der Waals surface area contributed by atoms with Crippen molar-refractivity contribution >= 4 is 47.4 Å². The summed E-state index contributed by atoms with van der Waals surface area (Å²) in [4.78, 5) is 39.6. The van der Waals surface area contributed by atoms with E-state index in [0.29, 0.717) is 51.1 Å². The summed E-state index contributed by atoms with van der Waals surface area (Å²) in [5, 5.41) is 29.6. The quantitative estimate of drug-likeness (QED) is 0.0697. The van der Waals surface area contributed by atoms with Crippen LogP contribution in [0.3, 0.4) is 0 Å². The minimum Gasteiger partial charge on any atom is -0.619 e. The smallest absolute Gasteiger partial charge is 0.415 e. The van der Waals surface area contributed by atoms with E-state index in [1.807, 2.05) is 0 Å². The zero-order chi connectivity index (χ0) is 39.6. The van der Waals surface area contributed by atoms with Gasteiger partial charge in [0, 0.05) is 18.5 Å². The highest BCUT2D eigenvalue weighted by Gasteiger charge is 2.38. The Labute approximate surface area is 327 Å². The Morgan fingerprint density at radius 2 is 1.64 bits per heavy atom. The SMILES string of the molecule is COc1ccc(C(Cc2c(Cl)c[n+]([O-])cc2Cl)OC(=O)c2ccc(CN(C(=O)O[C@H]3CN4CCC3CC4)c3cccc(O)c3OC)cc2)cc1OC.O=CO. The van der Waals surface area contributed by atoms with Crippen LogP contribution >= 0.6 is 23.2 Å². The molecule has 16 heteroatoms. The summed E-state index contributed by atoms with van der Waals surface area (Å²) < 4.78 is 29.0. The number of nitrogens with zero attached hydrogens (tertiary/aromatic N) is 3. The minimum atomic E-state index is -0.889. The van der Waals surface area contributed by atoms with E-state index in [1.54, 1.807) is 54.6 Å². The van der Waals surface area contributed by atoms with Crippen molar-refractivity contribution in [2.75, 3.05) is 45.9 Å². The van der Waals surface area contributed by atoms with Crippen molar-refractivity contribution in [3.8, 4) is 23.0 Å². The summed E-state index contributed by atoms with van der Waals surface area (Å²) in [6.45, 7) is 2.50. The number of aromatic nitrogens is 1. The molecule has 7 rings (SSSR count). The number of para-hydroxylation sites is 1. The molecule has 292 valence electrons. The van der Waals surface area contributed by atoms with E-state index in [1.165, 1.54) is 44.7 Å². The van der Waals surface area contributed by atoms with Crippen LogP contribution < -0.4 is 23.8 Å². The molecule has 4 aromatic rings. The summed E-state index contributed by atoms with van der Waals surface area (Å²) in [5.41, 5.74) is 2.26. The van der Waals surface area contributed by atoms with Crippen molar-refractivity contribution in [1.29, 1.82) is 0 Å². The van der Waals surface area contributed by atoms with Gasteiger partial charge < -0.3 is 39.1 Å². The number of benzene rings is 3. The van der Waals surface area contributed by atoms with Crippen molar-refractivity contribution in [2.45, 2.75) is 38.0 Å². The number of anilines is 1. The lowest BCUT2D eigenvalue weighted by Crippen LogP contribution is -2.53. The molecule has 0 saturated carbocycles. The van der Waals surface area contributed by atoms with Gasteiger partial charge in [0.25, 0.3) is 6.47 Å². The lowest BCUT2D eigenvalue weighted by Gasteiger charge is -2.44. The van der Waals surface area contributed by atoms with Crippen LogP contribution in [0.2, 0.25) is 10.0 Å². The molecule has 0 spiro atoms. The molecule has 55 heavy (non-hydrogen) atoms. The number of carbonyl (C=O) groups excluding carboxylic acids is 2. The van der Waals surface area contributed by atoms with Crippen LogP contribution in [-0.2, 0) is 27.2 Å². The van der Waals surface area contributed by atoms with E-state index < -0.39 is 18.2 Å². The second-order valence-corrected chi connectivity index (χ2v) is 13.6. The summed E-state index contributed by atoms with van der Waals surface area (Å²) in [7, 11) is 4.43. The van der Waals surface area contributed by atoms with Crippen LogP contribution in [0.25, 0.3) is 0 Å². The van der Waals surface area contributed by atoms with E-state index in [4.69, 9.17) is 56.8 Å². The van der Waals surface area contributed by atoms with E-state index >= 15 is 0 Å². The highest BCUT2D eigenvalue weighted by Crippen LogP contribution is 2.39. The number of amides is 1. The number of aromatic hydroxyl groups is 1. The van der Waals surface area contributed by atoms with Gasteiger partial charge in [-0.05, 0) is 79.4 Å². The Morgan fingerprint density at radius 1 is 0.982 bits per heavy atom. The number of phenolic OH excluding ortho intramolecular Hbond substituents is 1. The molecule has 0 aliphatic carbocycles. The summed E-state index contributed by atoms with van der Waals surface area (Å²) >= 11 is 12.8. The first-order valence-corrected chi connectivity index (χ1v) is 18.0. The number of phenols is 1. The summed E-state index contributed by atoms with van der Waals surface area (Å²) in [6, 6.07) is 16.5. The molecule has 3 fully saturated rings. The van der Waals surface area contributed by atoms with Gasteiger partial charge >= 0.3 is 12.1 Å². The van der Waals surface area contributed by atoms with Gasteiger partial charge in [-0.2, -0.15) is 4.73 Å². The predicted octanol–water partition coefficient (Wildman–Crippen LogP) is 6.44. The number of carboxylic acid groups (broad SMARTS) is 1. The first-order valence-electron chi connectivity index (χ1n) is 17.2. The van der Waals surface area contributed by atoms with Gasteiger partial charge in [0.1, 0.15) is 22.3 Å². The normalized spacial score (nSPS) is 17.5. The van der Waals surface area contributed by atoms with Gasteiger partial charge in [-0.3, -0.25) is 14.6 Å². The summed E-state index contributed by atoms with van der Waals surface area (Å²) in [6.07, 6.45) is 2.67. The molecule has 2 bridgehead atoms. The lowest BCUT2D eigenvalue weighted by molar-refractivity contribution is -0.605. The lowest BCUT2D eigenvalue weighted by atomic mass is 9.86. The number of hydrogen-bond donors (Lipinski definition) is 2. The van der Waals surface area contributed by atoms with E-state index in [0.717, 1.165) is 25.9 Å². The molecule has 1 unspecified atom stereocenters. The molecule has 3 aliphatic heterocycles. The summed E-state index contributed by atoms with van der Waals surface area (Å²) in [5.74, 6) is 0.591. The van der Waals surface area contributed by atoms with Crippen LogP contribution in [0.1, 0.15) is 46.0 Å². The highest BCUT2D eigenvalue weighted by atomic mass is 35.5. The van der Waals surface area contributed by atoms with E-state index in [9.17, 15) is 19.9 Å². The molecular formula is C39H41Cl2N3O11. The topological polar surface area (TPSA) is 171 Å². The number of halogens is 2. The third-order valence-electron chi connectivity index (χ3n) is 9.54. The van der Waals surface area contributed by atoms with Gasteiger partial charge in [0.15, 0.2) is 35.4 Å². The zero-order valence-electron chi connectivity index (χ0n) is 30.4. The Balaban J connectivity index is 0.00000187. The van der Waals surface area contributed by atoms with Crippen LogP contribution in [0, 0.1) is 11.1 Å². The number of esters is 1. The Hall–Kier alpha value is -5.44. The fraction of sp³-hybridized carbons (Fsp3) is 0.333. The Bertz CT molecular complexity index is 1950. The Kier molecular flexibility index (Phi) is 13.9. The maximum atomic E-state index is 13.8. The minimum absolute atomic E-state index is 0.0558. The van der Waals surface area contributed by atoms with Crippen molar-refractivity contribution < 1.29 is 53.0 Å². The second kappa shape index (κ2) is 18.7. The number of hydrogen-bond acceptors (Lipinski definition) is 11. The monoisotopic (exact) mass is 797 g/mol. The number of fused-ring (bicyclic) bond motifs is 3. The third-order valence-corrected chi connectivity index (χ3v) is 10.2. The van der Waals surface area contributed by atoms with Crippen LogP contribution in [-0.4, -0.2) is 80.7 Å². The predicted molar refractivity (Wildman–Crippen MR) is 202 cm³/mol. The fourth-order valence-corrected chi connectivity index (χ4v) is 7.34. The van der Waals surface area contributed by atoms with Crippen LogP contribution in [0.4, 0.5) is 10.5 Å². The molecule has 1 amide bonds. The molecule has 3 aromatic carbocycles. The molecule has 1 aromatic heterocycles. The first-order chi connectivity index (χ1) is 26.5. The molecule has 2 N–H and O–H groups in total. The molecule has 4 heterocycles.